The fraction of sp³-hybridized carbons (Fsp3) is 0.200. The van der Waals surface area contributed by atoms with Crippen LogP contribution in [0.3, 0.4) is 0 Å². The number of carbonyl (C=O) groups is 1. The van der Waals surface area contributed by atoms with E-state index in [1.807, 2.05) is 19.2 Å². The number of fused-ring (bicyclic) bond motifs is 1. The molecule has 0 fully saturated rings. The van der Waals surface area contributed by atoms with Crippen molar-refractivity contribution >= 4 is 17.1 Å². The lowest BCUT2D eigenvalue weighted by Crippen LogP contribution is -2.20. The van der Waals surface area contributed by atoms with Gasteiger partial charge in [-0.3, -0.25) is 0 Å². The number of pyridine rings is 1. The first kappa shape index (κ1) is 9.51. The molecule has 0 aromatic carbocycles. The highest BCUT2D eigenvalue weighted by molar-refractivity contribution is 5.80. The van der Waals surface area contributed by atoms with Crippen LogP contribution in [0.1, 0.15) is 11.1 Å². The highest BCUT2D eigenvalue weighted by Crippen LogP contribution is 2.18. The van der Waals surface area contributed by atoms with Gasteiger partial charge in [0.15, 0.2) is 0 Å². The minimum atomic E-state index is -1.02. The number of aromatic nitrogens is 2. The van der Waals surface area contributed by atoms with Crippen LogP contribution in [-0.4, -0.2) is 21.2 Å². The third kappa shape index (κ3) is 1.76. The second kappa shape index (κ2) is 3.61. The average molecular weight is 205 g/mol. The van der Waals surface area contributed by atoms with Gasteiger partial charge in [0.05, 0.1) is 0 Å². The number of amides is 1. The molecule has 0 aliphatic rings. The fourth-order valence-electron chi connectivity index (χ4n) is 1.53. The Morgan fingerprint density at radius 2 is 2.47 bits per heavy atom. The molecular formula is C10H11N3O2. The maximum Gasteiger partial charge on any atom is 0.404 e. The zero-order chi connectivity index (χ0) is 10.8. The molecule has 2 rings (SSSR count). The van der Waals surface area contributed by atoms with Crippen molar-refractivity contribution in [2.24, 2.45) is 0 Å². The van der Waals surface area contributed by atoms with Gasteiger partial charge in [-0.2, -0.15) is 0 Å². The summed E-state index contributed by atoms with van der Waals surface area (Å²) in [4.78, 5) is 17.6. The SMILES string of the molecule is Cc1c(CNC(=O)O)cnc2[nH]ccc12. The molecule has 0 atom stereocenters. The zero-order valence-electron chi connectivity index (χ0n) is 8.24. The Bertz CT molecular complexity index is 504. The van der Waals surface area contributed by atoms with Gasteiger partial charge in [-0.25, -0.2) is 9.78 Å². The Kier molecular flexibility index (Phi) is 2.29. The largest absolute Gasteiger partial charge is 0.465 e. The summed E-state index contributed by atoms with van der Waals surface area (Å²) in [5.41, 5.74) is 2.77. The van der Waals surface area contributed by atoms with E-state index in [1.165, 1.54) is 0 Å². The van der Waals surface area contributed by atoms with Crippen molar-refractivity contribution in [3.63, 3.8) is 0 Å². The summed E-state index contributed by atoms with van der Waals surface area (Å²) < 4.78 is 0. The molecule has 2 aromatic heterocycles. The van der Waals surface area contributed by atoms with E-state index in [4.69, 9.17) is 5.11 Å². The molecule has 5 nitrogen and oxygen atoms in total. The van der Waals surface area contributed by atoms with Crippen molar-refractivity contribution in [3.05, 3.63) is 29.6 Å². The van der Waals surface area contributed by atoms with Crippen LogP contribution >= 0.6 is 0 Å². The molecule has 2 aromatic rings. The summed E-state index contributed by atoms with van der Waals surface area (Å²) in [6.07, 6.45) is 2.48. The number of H-pyrrole nitrogens is 1. The van der Waals surface area contributed by atoms with Crippen LogP contribution in [0, 0.1) is 6.92 Å². The minimum Gasteiger partial charge on any atom is -0.465 e. The first-order valence-electron chi connectivity index (χ1n) is 4.57. The first-order chi connectivity index (χ1) is 7.18. The van der Waals surface area contributed by atoms with E-state index in [9.17, 15) is 4.79 Å². The lowest BCUT2D eigenvalue weighted by atomic mass is 10.1. The Morgan fingerprint density at radius 1 is 1.67 bits per heavy atom. The van der Waals surface area contributed by atoms with Gasteiger partial charge in [0, 0.05) is 24.3 Å². The molecule has 0 aliphatic carbocycles. The maximum atomic E-state index is 10.4. The first-order valence-corrected chi connectivity index (χ1v) is 4.57. The van der Waals surface area contributed by atoms with Crippen molar-refractivity contribution < 1.29 is 9.90 Å². The van der Waals surface area contributed by atoms with Crippen molar-refractivity contribution in [1.29, 1.82) is 0 Å². The molecule has 0 unspecified atom stereocenters. The second-order valence-electron chi connectivity index (χ2n) is 3.31. The topological polar surface area (TPSA) is 78.0 Å². The van der Waals surface area contributed by atoms with Crippen LogP contribution in [0.15, 0.2) is 18.5 Å². The van der Waals surface area contributed by atoms with Gasteiger partial charge in [-0.05, 0) is 24.1 Å². The van der Waals surface area contributed by atoms with E-state index in [0.717, 1.165) is 22.2 Å². The molecular weight excluding hydrogens is 194 g/mol. The van der Waals surface area contributed by atoms with Gasteiger partial charge in [0.2, 0.25) is 0 Å². The molecule has 0 saturated heterocycles. The monoisotopic (exact) mass is 205 g/mol. The van der Waals surface area contributed by atoms with Crippen LogP contribution in [-0.2, 0) is 6.54 Å². The van der Waals surface area contributed by atoms with E-state index in [0.29, 0.717) is 0 Å². The van der Waals surface area contributed by atoms with Crippen molar-refractivity contribution in [2.45, 2.75) is 13.5 Å². The number of aryl methyl sites for hydroxylation is 1. The molecule has 0 saturated carbocycles. The van der Waals surface area contributed by atoms with Gasteiger partial charge in [-0.15, -0.1) is 0 Å². The van der Waals surface area contributed by atoms with Gasteiger partial charge in [0.1, 0.15) is 5.65 Å². The molecule has 0 radical (unpaired) electrons. The predicted octanol–water partition coefficient (Wildman–Crippen LogP) is 1.64. The van der Waals surface area contributed by atoms with Gasteiger partial charge in [-0.1, -0.05) is 0 Å². The molecule has 15 heavy (non-hydrogen) atoms. The third-order valence-electron chi connectivity index (χ3n) is 2.39. The standard InChI is InChI=1S/C10H11N3O2/c1-6-7(5-13-10(14)15)4-12-9-8(6)2-3-11-9/h2-4,13H,5H2,1H3,(H,11,12)(H,14,15). The lowest BCUT2D eigenvalue weighted by molar-refractivity contribution is 0.194. The fourth-order valence-corrected chi connectivity index (χ4v) is 1.53. The van der Waals surface area contributed by atoms with Crippen LogP contribution in [0.25, 0.3) is 11.0 Å². The second-order valence-corrected chi connectivity index (χ2v) is 3.31. The zero-order valence-corrected chi connectivity index (χ0v) is 8.24. The van der Waals surface area contributed by atoms with Crippen LogP contribution in [0.5, 0.6) is 0 Å². The van der Waals surface area contributed by atoms with Crippen LogP contribution in [0.4, 0.5) is 4.79 Å². The van der Waals surface area contributed by atoms with Crippen molar-refractivity contribution in [2.75, 3.05) is 0 Å². The maximum absolute atomic E-state index is 10.4. The molecule has 0 bridgehead atoms. The predicted molar refractivity (Wildman–Crippen MR) is 55.7 cm³/mol. The average Bonchev–Trinajstić information content (AvgIpc) is 2.65. The molecule has 2 heterocycles. The van der Waals surface area contributed by atoms with E-state index < -0.39 is 6.09 Å². The Hall–Kier alpha value is -2.04. The van der Waals surface area contributed by atoms with Gasteiger partial charge < -0.3 is 15.4 Å². The van der Waals surface area contributed by atoms with E-state index in [1.54, 1.807) is 6.20 Å². The van der Waals surface area contributed by atoms with Crippen LogP contribution in [0.2, 0.25) is 0 Å². The van der Waals surface area contributed by atoms with Crippen molar-refractivity contribution in [1.82, 2.24) is 15.3 Å². The minimum absolute atomic E-state index is 0.287. The molecule has 0 spiro atoms. The highest BCUT2D eigenvalue weighted by atomic mass is 16.4. The van der Waals surface area contributed by atoms with Gasteiger partial charge in [0.25, 0.3) is 0 Å². The Morgan fingerprint density at radius 3 is 3.20 bits per heavy atom. The molecule has 78 valence electrons. The van der Waals surface area contributed by atoms with E-state index in [-0.39, 0.29) is 6.54 Å². The smallest absolute Gasteiger partial charge is 0.404 e. The summed E-state index contributed by atoms with van der Waals surface area (Å²) in [7, 11) is 0. The Labute approximate surface area is 86.1 Å². The molecule has 3 N–H and O–H groups in total. The summed E-state index contributed by atoms with van der Waals surface area (Å²) >= 11 is 0. The number of carboxylic acid groups (broad SMARTS) is 1. The number of aromatic amines is 1. The molecule has 0 aliphatic heterocycles. The number of nitrogens with zero attached hydrogens (tertiary/aromatic N) is 1. The summed E-state index contributed by atoms with van der Waals surface area (Å²) in [6.45, 7) is 2.24. The Balaban J connectivity index is 2.35. The lowest BCUT2D eigenvalue weighted by Gasteiger charge is -2.05. The van der Waals surface area contributed by atoms with Crippen LogP contribution < -0.4 is 5.32 Å². The van der Waals surface area contributed by atoms with Crippen molar-refractivity contribution in [3.8, 4) is 0 Å². The quantitative estimate of drug-likeness (QED) is 0.697. The third-order valence-corrected chi connectivity index (χ3v) is 2.39. The summed E-state index contributed by atoms with van der Waals surface area (Å²) in [6, 6.07) is 1.93. The number of rotatable bonds is 2. The number of hydrogen-bond donors (Lipinski definition) is 3. The van der Waals surface area contributed by atoms with E-state index >= 15 is 0 Å². The number of nitrogens with one attached hydrogen (secondary N) is 2. The highest BCUT2D eigenvalue weighted by Gasteiger charge is 2.06. The van der Waals surface area contributed by atoms with Gasteiger partial charge >= 0.3 is 6.09 Å². The normalized spacial score (nSPS) is 10.5. The summed E-state index contributed by atoms with van der Waals surface area (Å²) in [5, 5.41) is 11.9. The molecule has 1 amide bonds. The number of hydrogen-bond acceptors (Lipinski definition) is 2. The summed E-state index contributed by atoms with van der Waals surface area (Å²) in [5.74, 6) is 0. The van der Waals surface area contributed by atoms with E-state index in [2.05, 4.69) is 15.3 Å². The molecule has 5 heteroatoms.